The van der Waals surface area contributed by atoms with Gasteiger partial charge in [-0.05, 0) is 6.42 Å². The van der Waals surface area contributed by atoms with Gasteiger partial charge < -0.3 is 15.4 Å². The normalized spacial score (nSPS) is 22.5. The fraction of sp³-hybridized carbons (Fsp3) is 1.00. The van der Waals surface area contributed by atoms with Crippen molar-refractivity contribution in [2.75, 3.05) is 32.8 Å². The lowest BCUT2D eigenvalue weighted by Crippen LogP contribution is -2.50. The molecule has 1 heterocycles. The standard InChI is InChI=1S/C11H24N2O/c1-2-3-4-5-8-14-10-11-9-12-6-7-13-11/h11-13H,2-10H2,1H3. The Morgan fingerprint density at radius 2 is 2.14 bits per heavy atom. The number of ether oxygens (including phenoxy) is 1. The fourth-order valence-electron chi connectivity index (χ4n) is 1.69. The molecule has 3 nitrogen and oxygen atoms in total. The molecule has 1 fully saturated rings. The molecule has 0 spiro atoms. The Morgan fingerprint density at radius 1 is 1.21 bits per heavy atom. The summed E-state index contributed by atoms with van der Waals surface area (Å²) in [5.74, 6) is 0. The number of rotatable bonds is 7. The third-order valence-corrected chi connectivity index (χ3v) is 2.59. The topological polar surface area (TPSA) is 33.3 Å². The first-order chi connectivity index (χ1) is 6.93. The van der Waals surface area contributed by atoms with E-state index < -0.39 is 0 Å². The summed E-state index contributed by atoms with van der Waals surface area (Å²) in [5.41, 5.74) is 0. The molecule has 0 radical (unpaired) electrons. The van der Waals surface area contributed by atoms with Crippen LogP contribution in [-0.4, -0.2) is 38.9 Å². The SMILES string of the molecule is CCCCCCOCC1CNCCN1. The van der Waals surface area contributed by atoms with E-state index in [0.717, 1.165) is 32.8 Å². The lowest BCUT2D eigenvalue weighted by Gasteiger charge is -2.24. The molecule has 84 valence electrons. The molecular formula is C11H24N2O. The highest BCUT2D eigenvalue weighted by Crippen LogP contribution is 1.99. The Kier molecular flexibility index (Phi) is 7.01. The zero-order valence-corrected chi connectivity index (χ0v) is 9.35. The first-order valence-electron chi connectivity index (χ1n) is 5.95. The second kappa shape index (κ2) is 8.21. The average molecular weight is 200 g/mol. The molecule has 1 aliphatic heterocycles. The van der Waals surface area contributed by atoms with Crippen molar-refractivity contribution >= 4 is 0 Å². The van der Waals surface area contributed by atoms with Crippen LogP contribution in [0, 0.1) is 0 Å². The molecule has 0 amide bonds. The Balaban J connectivity index is 1.82. The van der Waals surface area contributed by atoms with Gasteiger partial charge in [-0.25, -0.2) is 0 Å². The molecule has 1 saturated heterocycles. The van der Waals surface area contributed by atoms with Crippen molar-refractivity contribution < 1.29 is 4.74 Å². The van der Waals surface area contributed by atoms with Gasteiger partial charge in [-0.3, -0.25) is 0 Å². The maximum absolute atomic E-state index is 5.62. The molecule has 0 aliphatic carbocycles. The number of hydrogen-bond acceptors (Lipinski definition) is 3. The molecule has 14 heavy (non-hydrogen) atoms. The van der Waals surface area contributed by atoms with Crippen molar-refractivity contribution in [3.8, 4) is 0 Å². The first kappa shape index (κ1) is 12.0. The summed E-state index contributed by atoms with van der Waals surface area (Å²) in [5, 5.41) is 6.79. The average Bonchev–Trinajstić information content (AvgIpc) is 2.25. The van der Waals surface area contributed by atoms with Crippen LogP contribution in [0.25, 0.3) is 0 Å². The third-order valence-electron chi connectivity index (χ3n) is 2.59. The van der Waals surface area contributed by atoms with Crippen molar-refractivity contribution in [3.63, 3.8) is 0 Å². The van der Waals surface area contributed by atoms with E-state index in [2.05, 4.69) is 17.6 Å². The van der Waals surface area contributed by atoms with Crippen molar-refractivity contribution in [2.24, 2.45) is 0 Å². The zero-order valence-electron chi connectivity index (χ0n) is 9.35. The van der Waals surface area contributed by atoms with Gasteiger partial charge in [0.05, 0.1) is 6.61 Å². The molecule has 1 aliphatic rings. The lowest BCUT2D eigenvalue weighted by molar-refractivity contribution is 0.103. The van der Waals surface area contributed by atoms with E-state index in [9.17, 15) is 0 Å². The minimum atomic E-state index is 0.523. The minimum Gasteiger partial charge on any atom is -0.380 e. The highest BCUT2D eigenvalue weighted by molar-refractivity contribution is 4.74. The maximum atomic E-state index is 5.62. The van der Waals surface area contributed by atoms with Crippen LogP contribution in [0.3, 0.4) is 0 Å². The van der Waals surface area contributed by atoms with Gasteiger partial charge in [0.25, 0.3) is 0 Å². The quantitative estimate of drug-likeness (QED) is 0.605. The largest absolute Gasteiger partial charge is 0.380 e. The second-order valence-corrected chi connectivity index (χ2v) is 3.99. The summed E-state index contributed by atoms with van der Waals surface area (Å²) in [4.78, 5) is 0. The highest BCUT2D eigenvalue weighted by atomic mass is 16.5. The molecule has 0 saturated carbocycles. The lowest BCUT2D eigenvalue weighted by atomic mass is 10.2. The molecule has 0 bridgehead atoms. The van der Waals surface area contributed by atoms with Gasteiger partial charge >= 0.3 is 0 Å². The zero-order chi connectivity index (χ0) is 10.1. The van der Waals surface area contributed by atoms with Crippen LogP contribution in [0.5, 0.6) is 0 Å². The van der Waals surface area contributed by atoms with E-state index >= 15 is 0 Å². The van der Waals surface area contributed by atoms with Gasteiger partial charge in [0.2, 0.25) is 0 Å². The van der Waals surface area contributed by atoms with E-state index in [-0.39, 0.29) is 0 Å². The molecule has 2 N–H and O–H groups in total. The molecule has 1 rings (SSSR count). The summed E-state index contributed by atoms with van der Waals surface area (Å²) in [7, 11) is 0. The summed E-state index contributed by atoms with van der Waals surface area (Å²) >= 11 is 0. The van der Waals surface area contributed by atoms with Gasteiger partial charge in [0, 0.05) is 32.3 Å². The third kappa shape index (κ3) is 5.58. The van der Waals surface area contributed by atoms with Crippen molar-refractivity contribution in [1.29, 1.82) is 0 Å². The van der Waals surface area contributed by atoms with Crippen molar-refractivity contribution in [1.82, 2.24) is 10.6 Å². The predicted molar refractivity (Wildman–Crippen MR) is 59.6 cm³/mol. The van der Waals surface area contributed by atoms with Gasteiger partial charge in [-0.2, -0.15) is 0 Å². The van der Waals surface area contributed by atoms with Crippen LogP contribution in [0.4, 0.5) is 0 Å². The number of piperazine rings is 1. The first-order valence-corrected chi connectivity index (χ1v) is 5.95. The Labute approximate surface area is 87.6 Å². The van der Waals surface area contributed by atoms with Crippen LogP contribution in [0.15, 0.2) is 0 Å². The molecule has 1 atom stereocenters. The van der Waals surface area contributed by atoms with E-state index in [1.165, 1.54) is 25.7 Å². The van der Waals surface area contributed by atoms with Crippen molar-refractivity contribution in [3.05, 3.63) is 0 Å². The molecule has 3 heteroatoms. The van der Waals surface area contributed by atoms with Crippen LogP contribution in [0.2, 0.25) is 0 Å². The number of nitrogens with one attached hydrogen (secondary N) is 2. The summed E-state index contributed by atoms with van der Waals surface area (Å²) in [6.07, 6.45) is 5.17. The molecule has 0 aromatic heterocycles. The van der Waals surface area contributed by atoms with E-state index in [0.29, 0.717) is 6.04 Å². The summed E-state index contributed by atoms with van der Waals surface area (Å²) in [6, 6.07) is 0.523. The predicted octanol–water partition coefficient (Wildman–Crippen LogP) is 1.14. The Hall–Kier alpha value is -0.120. The van der Waals surface area contributed by atoms with Gasteiger partial charge in [-0.15, -0.1) is 0 Å². The van der Waals surface area contributed by atoms with E-state index in [4.69, 9.17) is 4.74 Å². The molecule has 1 unspecified atom stereocenters. The van der Waals surface area contributed by atoms with Crippen LogP contribution in [0.1, 0.15) is 32.6 Å². The smallest absolute Gasteiger partial charge is 0.0632 e. The van der Waals surface area contributed by atoms with Gasteiger partial charge in [0.1, 0.15) is 0 Å². The van der Waals surface area contributed by atoms with E-state index in [1.807, 2.05) is 0 Å². The van der Waals surface area contributed by atoms with E-state index in [1.54, 1.807) is 0 Å². The number of unbranched alkanes of at least 4 members (excludes halogenated alkanes) is 3. The molecular weight excluding hydrogens is 176 g/mol. The molecule has 0 aromatic rings. The van der Waals surface area contributed by atoms with Gasteiger partial charge in [0.15, 0.2) is 0 Å². The Morgan fingerprint density at radius 3 is 2.86 bits per heavy atom. The minimum absolute atomic E-state index is 0.523. The number of hydrogen-bond donors (Lipinski definition) is 2. The Bertz CT molecular complexity index is 124. The highest BCUT2D eigenvalue weighted by Gasteiger charge is 2.10. The van der Waals surface area contributed by atoms with Crippen LogP contribution >= 0.6 is 0 Å². The summed E-state index contributed by atoms with van der Waals surface area (Å²) in [6.45, 7) is 7.24. The second-order valence-electron chi connectivity index (χ2n) is 3.99. The molecule has 0 aromatic carbocycles. The van der Waals surface area contributed by atoms with Crippen LogP contribution < -0.4 is 10.6 Å². The van der Waals surface area contributed by atoms with Crippen molar-refractivity contribution in [2.45, 2.75) is 38.6 Å². The summed E-state index contributed by atoms with van der Waals surface area (Å²) < 4.78 is 5.62. The fourth-order valence-corrected chi connectivity index (χ4v) is 1.69. The van der Waals surface area contributed by atoms with Crippen LogP contribution in [-0.2, 0) is 4.74 Å². The van der Waals surface area contributed by atoms with Gasteiger partial charge in [-0.1, -0.05) is 26.2 Å². The monoisotopic (exact) mass is 200 g/mol. The maximum Gasteiger partial charge on any atom is 0.0632 e.